The number of Topliss-reactive ketones (excluding diaryl/α,β-unsaturated/α-hetero) is 1. The summed E-state index contributed by atoms with van der Waals surface area (Å²) >= 11 is 2.62. The van der Waals surface area contributed by atoms with Gasteiger partial charge in [-0.05, 0) is 37.1 Å². The first-order valence-electron chi connectivity index (χ1n) is 7.69. The molecule has 0 bridgehead atoms. The van der Waals surface area contributed by atoms with E-state index in [9.17, 15) is 4.79 Å². The van der Waals surface area contributed by atoms with Crippen LogP contribution in [-0.4, -0.2) is 27.6 Å². The van der Waals surface area contributed by atoms with E-state index in [0.29, 0.717) is 21.6 Å². The Bertz CT molecular complexity index is 796. The molecule has 1 aromatic heterocycles. The number of rotatable bonds is 5. The van der Waals surface area contributed by atoms with Crippen LogP contribution in [0.25, 0.3) is 6.08 Å². The van der Waals surface area contributed by atoms with Crippen molar-refractivity contribution in [3.05, 3.63) is 44.7 Å². The summed E-state index contributed by atoms with van der Waals surface area (Å²) in [6.07, 6.45) is 2.60. The lowest BCUT2D eigenvalue weighted by molar-refractivity contribution is -0.114. The van der Waals surface area contributed by atoms with Crippen LogP contribution < -0.4 is 4.74 Å². The van der Waals surface area contributed by atoms with Gasteiger partial charge in [0.2, 0.25) is 0 Å². The molecule has 2 heterocycles. The first-order valence-corrected chi connectivity index (χ1v) is 9.33. The molecule has 5 nitrogen and oxygen atoms in total. The van der Waals surface area contributed by atoms with Gasteiger partial charge in [-0.2, -0.15) is 0 Å². The maximum absolute atomic E-state index is 12.7. The number of aromatic nitrogens is 2. The highest BCUT2D eigenvalue weighted by atomic mass is 32.2. The topological polar surface area (TPSA) is 75.9 Å². The quantitative estimate of drug-likeness (QED) is 0.819. The van der Waals surface area contributed by atoms with Crippen molar-refractivity contribution in [3.63, 3.8) is 0 Å². The lowest BCUT2D eigenvalue weighted by atomic mass is 10.1. The first-order chi connectivity index (χ1) is 11.6. The molecular weight excluding hydrogens is 342 g/mol. The summed E-state index contributed by atoms with van der Waals surface area (Å²) in [5, 5.41) is 18.1. The zero-order valence-electron chi connectivity index (χ0n) is 13.4. The highest BCUT2D eigenvalue weighted by Gasteiger charge is 2.39. The molecule has 1 saturated heterocycles. The number of hydrogen-bond donors (Lipinski definition) is 1. The van der Waals surface area contributed by atoms with E-state index in [4.69, 9.17) is 10.1 Å². The number of carbonyl (C=O) groups excluding carboxylic acids is 1. The molecule has 0 saturated carbocycles. The minimum Gasteiger partial charge on any atom is -0.494 e. The number of thioether (sulfide) groups is 1. The zero-order valence-corrected chi connectivity index (χ0v) is 15.0. The van der Waals surface area contributed by atoms with Gasteiger partial charge in [-0.1, -0.05) is 30.8 Å². The molecule has 1 aromatic carbocycles. The normalized spacial score (nSPS) is 19.2. The van der Waals surface area contributed by atoms with Gasteiger partial charge in [-0.3, -0.25) is 10.2 Å². The molecule has 124 valence electrons. The molecule has 2 aromatic rings. The van der Waals surface area contributed by atoms with E-state index in [-0.39, 0.29) is 5.78 Å². The van der Waals surface area contributed by atoms with Gasteiger partial charge in [0.15, 0.2) is 5.78 Å². The first kappa shape index (κ1) is 16.9. The van der Waals surface area contributed by atoms with Crippen LogP contribution >= 0.6 is 23.1 Å². The van der Waals surface area contributed by atoms with Gasteiger partial charge in [0.05, 0.1) is 16.6 Å². The zero-order chi connectivity index (χ0) is 17.1. The minimum absolute atomic E-state index is 0.0716. The van der Waals surface area contributed by atoms with Crippen molar-refractivity contribution in [3.8, 4) is 5.75 Å². The second-order valence-electron chi connectivity index (χ2n) is 5.16. The Morgan fingerprint density at radius 3 is 2.62 bits per heavy atom. The number of ketones is 1. The van der Waals surface area contributed by atoms with E-state index in [1.165, 1.54) is 23.1 Å². The number of ether oxygens (including phenoxy) is 1. The monoisotopic (exact) mass is 359 g/mol. The third kappa shape index (κ3) is 3.42. The smallest absolute Gasteiger partial charge is 0.186 e. The highest BCUT2D eigenvalue weighted by molar-refractivity contribution is 8.19. The summed E-state index contributed by atoms with van der Waals surface area (Å²) in [4.78, 5) is 13.2. The van der Waals surface area contributed by atoms with Crippen LogP contribution in [0.4, 0.5) is 0 Å². The van der Waals surface area contributed by atoms with Gasteiger partial charge in [0.25, 0.3) is 0 Å². The molecule has 0 amide bonds. The van der Waals surface area contributed by atoms with Crippen LogP contribution in [-0.2, 0) is 11.2 Å². The van der Waals surface area contributed by atoms with E-state index in [0.717, 1.165) is 22.7 Å². The molecule has 1 aliphatic rings. The lowest BCUT2D eigenvalue weighted by Crippen LogP contribution is -2.11. The van der Waals surface area contributed by atoms with Crippen LogP contribution in [0.2, 0.25) is 0 Å². The predicted octanol–water partition coefficient (Wildman–Crippen LogP) is 3.92. The van der Waals surface area contributed by atoms with E-state index in [2.05, 4.69) is 10.2 Å². The standard InChI is InChI=1S/C17H17N3O2S2/c1-3-13-19-20-17(24-13)14-15(21)12(23-16(14)18)9-10-5-7-11(8-6-10)22-4-2/h5-9,14,18H,3-4H2,1-2H3/b12-9-,18-16?/t14-/m1/s1. The van der Waals surface area contributed by atoms with E-state index >= 15 is 0 Å². The third-order valence-electron chi connectivity index (χ3n) is 3.51. The second-order valence-corrected chi connectivity index (χ2v) is 7.34. The number of allylic oxidation sites excluding steroid dienone is 1. The Balaban J connectivity index is 1.82. The van der Waals surface area contributed by atoms with Gasteiger partial charge in [-0.25, -0.2) is 0 Å². The minimum atomic E-state index is -0.596. The lowest BCUT2D eigenvalue weighted by Gasteiger charge is -2.03. The van der Waals surface area contributed by atoms with Gasteiger partial charge < -0.3 is 4.74 Å². The van der Waals surface area contributed by atoms with Crippen molar-refractivity contribution >= 4 is 40.0 Å². The average Bonchev–Trinajstić information content (AvgIpc) is 3.14. The van der Waals surface area contributed by atoms with Gasteiger partial charge in [-0.15, -0.1) is 21.5 Å². The van der Waals surface area contributed by atoms with Crippen molar-refractivity contribution in [2.24, 2.45) is 0 Å². The van der Waals surface area contributed by atoms with Crippen LogP contribution in [0.5, 0.6) is 5.75 Å². The summed E-state index contributed by atoms with van der Waals surface area (Å²) in [6, 6.07) is 7.56. The number of hydrogen-bond acceptors (Lipinski definition) is 7. The fourth-order valence-corrected chi connectivity index (χ4v) is 4.27. The maximum atomic E-state index is 12.7. The summed E-state index contributed by atoms with van der Waals surface area (Å²) in [6.45, 7) is 4.56. The molecule has 1 aliphatic heterocycles. The van der Waals surface area contributed by atoms with E-state index in [1.807, 2.05) is 44.2 Å². The van der Waals surface area contributed by atoms with Gasteiger partial charge in [0, 0.05) is 0 Å². The Morgan fingerprint density at radius 1 is 1.25 bits per heavy atom. The van der Waals surface area contributed by atoms with Crippen molar-refractivity contribution in [1.29, 1.82) is 5.41 Å². The van der Waals surface area contributed by atoms with Gasteiger partial charge in [0.1, 0.15) is 21.7 Å². The highest BCUT2D eigenvalue weighted by Crippen LogP contribution is 2.41. The molecule has 1 fully saturated rings. The molecule has 0 unspecified atom stereocenters. The Morgan fingerprint density at radius 2 is 2.00 bits per heavy atom. The predicted molar refractivity (Wildman–Crippen MR) is 97.9 cm³/mol. The number of benzene rings is 1. The third-order valence-corrected chi connectivity index (χ3v) is 5.63. The second kappa shape index (κ2) is 7.27. The number of aryl methyl sites for hydroxylation is 1. The van der Waals surface area contributed by atoms with Crippen LogP contribution in [0.3, 0.4) is 0 Å². The average molecular weight is 359 g/mol. The summed E-state index contributed by atoms with van der Waals surface area (Å²) in [5.41, 5.74) is 0.911. The fourth-order valence-electron chi connectivity index (χ4n) is 2.32. The fraction of sp³-hybridized carbons (Fsp3) is 0.294. The number of carbonyl (C=O) groups is 1. The maximum Gasteiger partial charge on any atom is 0.186 e. The largest absolute Gasteiger partial charge is 0.494 e. The van der Waals surface area contributed by atoms with Crippen molar-refractivity contribution in [2.45, 2.75) is 26.2 Å². The number of nitrogens with zero attached hydrogens (tertiary/aromatic N) is 2. The van der Waals surface area contributed by atoms with Crippen molar-refractivity contribution < 1.29 is 9.53 Å². The van der Waals surface area contributed by atoms with Crippen LogP contribution in [0.1, 0.15) is 35.3 Å². The van der Waals surface area contributed by atoms with Crippen molar-refractivity contribution in [1.82, 2.24) is 10.2 Å². The van der Waals surface area contributed by atoms with E-state index in [1.54, 1.807) is 0 Å². The SMILES string of the molecule is CCOc1ccc(/C=C2\SC(=N)[C@H](c3nnc(CC)s3)C2=O)cc1. The molecule has 0 aliphatic carbocycles. The molecule has 1 N–H and O–H groups in total. The molecule has 3 rings (SSSR count). The van der Waals surface area contributed by atoms with Crippen molar-refractivity contribution in [2.75, 3.05) is 6.61 Å². The molecule has 0 spiro atoms. The summed E-state index contributed by atoms with van der Waals surface area (Å²) < 4.78 is 5.42. The Kier molecular flexibility index (Phi) is 5.11. The summed E-state index contributed by atoms with van der Waals surface area (Å²) in [7, 11) is 0. The Hall–Kier alpha value is -1.99. The molecule has 7 heteroatoms. The number of nitrogens with one attached hydrogen (secondary N) is 1. The molecule has 1 atom stereocenters. The Labute approximate surface area is 148 Å². The van der Waals surface area contributed by atoms with E-state index < -0.39 is 5.92 Å². The van der Waals surface area contributed by atoms with Crippen LogP contribution in [0.15, 0.2) is 29.2 Å². The van der Waals surface area contributed by atoms with Gasteiger partial charge >= 0.3 is 0 Å². The summed E-state index contributed by atoms with van der Waals surface area (Å²) in [5.74, 6) is 0.135. The molecule has 24 heavy (non-hydrogen) atoms. The van der Waals surface area contributed by atoms with Crippen LogP contribution in [0, 0.1) is 5.41 Å². The molecule has 0 radical (unpaired) electrons. The molecular formula is C17H17N3O2S2.